The third kappa shape index (κ3) is 3.18. The van der Waals surface area contributed by atoms with Crippen LogP contribution in [0.5, 0.6) is 0 Å². The van der Waals surface area contributed by atoms with Crippen LogP contribution in [0.15, 0.2) is 47.4 Å². The van der Waals surface area contributed by atoms with Crippen molar-refractivity contribution in [2.45, 2.75) is 25.3 Å². The predicted octanol–water partition coefficient (Wildman–Crippen LogP) is 2.56. The Morgan fingerprint density at radius 1 is 1.10 bits per heavy atom. The molecule has 0 radical (unpaired) electrons. The quantitative estimate of drug-likeness (QED) is 0.909. The van der Waals surface area contributed by atoms with Crippen molar-refractivity contribution in [3.63, 3.8) is 0 Å². The summed E-state index contributed by atoms with van der Waals surface area (Å²) in [5.74, 6) is 0. The summed E-state index contributed by atoms with van der Waals surface area (Å²) >= 11 is 0. The molecule has 3 N–H and O–H groups in total. The van der Waals surface area contributed by atoms with E-state index in [1.54, 1.807) is 30.3 Å². The van der Waals surface area contributed by atoms with Gasteiger partial charge in [-0.2, -0.15) is 0 Å². The van der Waals surface area contributed by atoms with Crippen molar-refractivity contribution < 1.29 is 8.42 Å². The number of anilines is 1. The first kappa shape index (κ1) is 14.6. The van der Waals surface area contributed by atoms with Crippen LogP contribution in [-0.4, -0.2) is 8.42 Å². The van der Waals surface area contributed by atoms with Gasteiger partial charge in [-0.1, -0.05) is 18.2 Å². The molecular formula is C15H18N2O2S. The van der Waals surface area contributed by atoms with Crippen LogP contribution >= 0.6 is 0 Å². The Hall–Kier alpha value is -1.85. The number of hydrogen-bond acceptors (Lipinski definition) is 3. The number of aryl methyl sites for hydroxylation is 2. The van der Waals surface area contributed by atoms with E-state index in [1.165, 1.54) is 0 Å². The van der Waals surface area contributed by atoms with Crippen LogP contribution in [-0.2, 0) is 16.6 Å². The van der Waals surface area contributed by atoms with Gasteiger partial charge in [-0.05, 0) is 54.8 Å². The van der Waals surface area contributed by atoms with Gasteiger partial charge in [0.1, 0.15) is 0 Å². The Bertz CT molecular complexity index is 724. The monoisotopic (exact) mass is 290 g/mol. The van der Waals surface area contributed by atoms with Crippen LogP contribution in [0, 0.1) is 13.8 Å². The third-order valence-electron chi connectivity index (χ3n) is 3.12. The zero-order valence-electron chi connectivity index (χ0n) is 11.6. The van der Waals surface area contributed by atoms with Crippen LogP contribution < -0.4 is 10.5 Å². The van der Waals surface area contributed by atoms with E-state index < -0.39 is 10.0 Å². The fourth-order valence-corrected chi connectivity index (χ4v) is 3.06. The lowest BCUT2D eigenvalue weighted by Crippen LogP contribution is -2.14. The maximum Gasteiger partial charge on any atom is 0.261 e. The smallest absolute Gasteiger partial charge is 0.261 e. The maximum absolute atomic E-state index is 12.3. The Morgan fingerprint density at radius 3 is 2.50 bits per heavy atom. The number of sulfonamides is 1. The van der Waals surface area contributed by atoms with Gasteiger partial charge in [0.25, 0.3) is 10.0 Å². The molecule has 0 saturated heterocycles. The van der Waals surface area contributed by atoms with E-state index >= 15 is 0 Å². The second-order valence-electron chi connectivity index (χ2n) is 4.77. The molecule has 0 aromatic heterocycles. The molecular weight excluding hydrogens is 272 g/mol. The molecule has 106 valence electrons. The van der Waals surface area contributed by atoms with Crippen LogP contribution in [0.4, 0.5) is 5.69 Å². The lowest BCUT2D eigenvalue weighted by Gasteiger charge is -2.11. The van der Waals surface area contributed by atoms with E-state index in [1.807, 2.05) is 26.0 Å². The van der Waals surface area contributed by atoms with Crippen molar-refractivity contribution in [1.29, 1.82) is 0 Å². The molecule has 5 heteroatoms. The molecule has 0 spiro atoms. The van der Waals surface area contributed by atoms with E-state index in [0.29, 0.717) is 12.2 Å². The van der Waals surface area contributed by atoms with E-state index in [0.717, 1.165) is 16.7 Å². The van der Waals surface area contributed by atoms with Gasteiger partial charge in [-0.25, -0.2) is 8.42 Å². The molecule has 0 atom stereocenters. The summed E-state index contributed by atoms with van der Waals surface area (Å²) in [6.45, 7) is 4.14. The normalized spacial score (nSPS) is 11.3. The van der Waals surface area contributed by atoms with Gasteiger partial charge < -0.3 is 5.73 Å². The zero-order chi connectivity index (χ0) is 14.8. The Balaban J connectivity index is 2.35. The van der Waals surface area contributed by atoms with Crippen LogP contribution in [0.1, 0.15) is 16.7 Å². The standard InChI is InChI=1S/C15H18N2O2S/c1-11-4-3-5-14(8-11)17-20(18,19)15-7-6-12(2)13(9-15)10-16/h3-9,17H,10,16H2,1-2H3. The molecule has 4 nitrogen and oxygen atoms in total. The van der Waals surface area contributed by atoms with Crippen LogP contribution in [0.2, 0.25) is 0 Å². The summed E-state index contributed by atoms with van der Waals surface area (Å²) in [7, 11) is -3.58. The number of nitrogens with one attached hydrogen (secondary N) is 1. The Morgan fingerprint density at radius 2 is 1.85 bits per heavy atom. The molecule has 2 rings (SSSR count). The van der Waals surface area contributed by atoms with Gasteiger partial charge in [0.05, 0.1) is 4.90 Å². The fraction of sp³-hybridized carbons (Fsp3) is 0.200. The largest absolute Gasteiger partial charge is 0.326 e. The molecule has 0 amide bonds. The highest BCUT2D eigenvalue weighted by atomic mass is 32.2. The Labute approximate surface area is 119 Å². The molecule has 2 aromatic carbocycles. The van der Waals surface area contributed by atoms with Crippen molar-refractivity contribution in [1.82, 2.24) is 0 Å². The van der Waals surface area contributed by atoms with Crippen molar-refractivity contribution >= 4 is 15.7 Å². The van der Waals surface area contributed by atoms with Crippen molar-refractivity contribution in [3.05, 3.63) is 59.2 Å². The van der Waals surface area contributed by atoms with E-state index in [2.05, 4.69) is 4.72 Å². The van der Waals surface area contributed by atoms with Crippen LogP contribution in [0.25, 0.3) is 0 Å². The number of nitrogens with two attached hydrogens (primary N) is 1. The number of benzene rings is 2. The minimum atomic E-state index is -3.58. The second kappa shape index (κ2) is 5.64. The second-order valence-corrected chi connectivity index (χ2v) is 6.45. The van der Waals surface area contributed by atoms with Crippen LogP contribution in [0.3, 0.4) is 0 Å². The van der Waals surface area contributed by atoms with Gasteiger partial charge in [0.2, 0.25) is 0 Å². The molecule has 0 aliphatic heterocycles. The third-order valence-corrected chi connectivity index (χ3v) is 4.50. The highest BCUT2D eigenvalue weighted by Crippen LogP contribution is 2.19. The van der Waals surface area contributed by atoms with Gasteiger partial charge >= 0.3 is 0 Å². The summed E-state index contributed by atoms with van der Waals surface area (Å²) < 4.78 is 27.3. The van der Waals surface area contributed by atoms with E-state index in [9.17, 15) is 8.42 Å². The van der Waals surface area contributed by atoms with Gasteiger partial charge in [0, 0.05) is 12.2 Å². The average Bonchev–Trinajstić information content (AvgIpc) is 2.38. The summed E-state index contributed by atoms with van der Waals surface area (Å²) in [6.07, 6.45) is 0. The SMILES string of the molecule is Cc1cccc(NS(=O)(=O)c2ccc(C)c(CN)c2)c1. The molecule has 0 unspecified atom stereocenters. The topological polar surface area (TPSA) is 72.2 Å². The molecule has 0 heterocycles. The highest BCUT2D eigenvalue weighted by molar-refractivity contribution is 7.92. The first-order valence-corrected chi connectivity index (χ1v) is 7.80. The summed E-state index contributed by atoms with van der Waals surface area (Å²) in [5, 5.41) is 0. The van der Waals surface area contributed by atoms with Gasteiger partial charge in [-0.3, -0.25) is 4.72 Å². The number of rotatable bonds is 4. The lowest BCUT2D eigenvalue weighted by molar-refractivity contribution is 0.601. The fourth-order valence-electron chi connectivity index (χ4n) is 1.96. The lowest BCUT2D eigenvalue weighted by atomic mass is 10.1. The zero-order valence-corrected chi connectivity index (χ0v) is 12.4. The van der Waals surface area contributed by atoms with Crippen molar-refractivity contribution in [2.75, 3.05) is 4.72 Å². The van der Waals surface area contributed by atoms with Gasteiger partial charge in [-0.15, -0.1) is 0 Å². The molecule has 0 aliphatic rings. The molecule has 0 bridgehead atoms. The van der Waals surface area contributed by atoms with Crippen molar-refractivity contribution in [3.8, 4) is 0 Å². The maximum atomic E-state index is 12.3. The Kier molecular flexibility index (Phi) is 4.11. The molecule has 20 heavy (non-hydrogen) atoms. The molecule has 0 aliphatic carbocycles. The molecule has 0 saturated carbocycles. The van der Waals surface area contributed by atoms with E-state index in [-0.39, 0.29) is 4.90 Å². The first-order chi connectivity index (χ1) is 9.42. The minimum absolute atomic E-state index is 0.227. The minimum Gasteiger partial charge on any atom is -0.326 e. The first-order valence-electron chi connectivity index (χ1n) is 6.31. The van der Waals surface area contributed by atoms with Gasteiger partial charge in [0.15, 0.2) is 0 Å². The van der Waals surface area contributed by atoms with E-state index in [4.69, 9.17) is 5.73 Å². The predicted molar refractivity (Wildman–Crippen MR) is 81.1 cm³/mol. The highest BCUT2D eigenvalue weighted by Gasteiger charge is 2.15. The average molecular weight is 290 g/mol. The number of hydrogen-bond donors (Lipinski definition) is 2. The van der Waals surface area contributed by atoms with Crippen molar-refractivity contribution in [2.24, 2.45) is 5.73 Å². The summed E-state index contributed by atoms with van der Waals surface area (Å²) in [5.41, 5.74) is 8.99. The summed E-state index contributed by atoms with van der Waals surface area (Å²) in [6, 6.07) is 12.2. The molecule has 0 fully saturated rings. The molecule has 2 aromatic rings. The summed E-state index contributed by atoms with van der Waals surface area (Å²) in [4.78, 5) is 0.227.